The minimum Gasteiger partial charge on any atom is -0.462 e. The molecule has 0 rings (SSSR count). The van der Waals surface area contributed by atoms with Crippen LogP contribution in [0.2, 0.25) is 0 Å². The molecule has 1 atom stereocenters. The van der Waals surface area contributed by atoms with Crippen LogP contribution in [0.4, 0.5) is 0 Å². The smallest absolute Gasteiger partial charge is 0.462 e. The summed E-state index contributed by atoms with van der Waals surface area (Å²) in [5, 5.41) is 0. The Morgan fingerprint density at radius 3 is 1.09 bits per heavy atom. The van der Waals surface area contributed by atoms with Gasteiger partial charge in [0.1, 0.15) is 6.61 Å². The molecule has 0 saturated carbocycles. The second-order valence-corrected chi connectivity index (χ2v) is 14.9. The molecule has 8 nitrogen and oxygen atoms in total. The molecule has 0 radical (unpaired) electrons. The van der Waals surface area contributed by atoms with Crippen molar-refractivity contribution < 1.29 is 37.9 Å². The third kappa shape index (κ3) is 37.7. The average molecular weight is 691 g/mol. The summed E-state index contributed by atoms with van der Waals surface area (Å²) in [7, 11) is -4.74. The lowest BCUT2D eigenvalue weighted by atomic mass is 10.0. The number of phosphoric acid groups is 1. The van der Waals surface area contributed by atoms with Crippen LogP contribution in [0, 0.1) is 0 Å². The predicted molar refractivity (Wildman–Crippen MR) is 193 cm³/mol. The van der Waals surface area contributed by atoms with Gasteiger partial charge in [0.15, 0.2) is 6.10 Å². The van der Waals surface area contributed by atoms with Crippen LogP contribution in [0.15, 0.2) is 0 Å². The SMILES string of the molecule is CCCCCCCCCCCCCCCCCCCCCCCCC(=O)OC(COC(=O)CCCCCCCCC)COP(=O)(O)O. The highest BCUT2D eigenvalue weighted by molar-refractivity contribution is 7.46. The van der Waals surface area contributed by atoms with Crippen LogP contribution in [0.3, 0.4) is 0 Å². The number of carbonyl (C=O) groups is 2. The van der Waals surface area contributed by atoms with Crippen LogP contribution < -0.4 is 0 Å². The van der Waals surface area contributed by atoms with E-state index >= 15 is 0 Å². The van der Waals surface area contributed by atoms with Gasteiger partial charge in [-0.15, -0.1) is 0 Å². The van der Waals surface area contributed by atoms with Gasteiger partial charge in [-0.25, -0.2) is 4.57 Å². The molecular weight excluding hydrogens is 615 g/mol. The standard InChI is InChI=1S/C38H75O8P/c1-3-5-7-9-11-12-13-14-15-16-17-18-19-20-21-22-23-24-25-27-29-31-33-38(40)46-36(35-45-47(41,42)43)34-44-37(39)32-30-28-26-10-8-6-4-2/h36H,3-35H2,1-2H3,(H2,41,42,43). The Kier molecular flexibility index (Phi) is 34.2. The molecule has 0 heterocycles. The fourth-order valence-corrected chi connectivity index (χ4v) is 6.26. The van der Waals surface area contributed by atoms with E-state index in [-0.39, 0.29) is 19.4 Å². The lowest BCUT2D eigenvalue weighted by Crippen LogP contribution is -2.29. The van der Waals surface area contributed by atoms with Crippen molar-refractivity contribution in [1.82, 2.24) is 0 Å². The molecule has 0 aliphatic rings. The zero-order chi connectivity index (χ0) is 34.7. The summed E-state index contributed by atoms with van der Waals surface area (Å²) in [5.74, 6) is -0.879. The number of hydrogen-bond donors (Lipinski definition) is 2. The molecule has 47 heavy (non-hydrogen) atoms. The molecule has 0 fully saturated rings. The molecule has 0 amide bonds. The lowest BCUT2D eigenvalue weighted by molar-refractivity contribution is -0.161. The second kappa shape index (κ2) is 34.9. The molecule has 2 N–H and O–H groups in total. The van der Waals surface area contributed by atoms with E-state index in [0.29, 0.717) is 6.42 Å². The summed E-state index contributed by atoms with van der Waals surface area (Å²) in [6.45, 7) is 3.65. The monoisotopic (exact) mass is 691 g/mol. The molecule has 0 bridgehead atoms. The molecule has 9 heteroatoms. The average Bonchev–Trinajstić information content (AvgIpc) is 3.03. The van der Waals surface area contributed by atoms with E-state index in [4.69, 9.17) is 19.3 Å². The molecule has 0 spiro atoms. The summed E-state index contributed by atoms with van der Waals surface area (Å²) in [6, 6.07) is 0. The quantitative estimate of drug-likeness (QED) is 0.0375. The molecule has 0 aliphatic carbocycles. The van der Waals surface area contributed by atoms with Gasteiger partial charge in [-0.3, -0.25) is 14.1 Å². The van der Waals surface area contributed by atoms with Crippen molar-refractivity contribution in [3.05, 3.63) is 0 Å². The number of unbranched alkanes of at least 4 members (excludes halogenated alkanes) is 27. The number of esters is 2. The van der Waals surface area contributed by atoms with Crippen LogP contribution in [0.5, 0.6) is 0 Å². The first-order valence-corrected chi connectivity index (χ1v) is 21.4. The molecule has 0 aromatic rings. The van der Waals surface area contributed by atoms with Crippen LogP contribution in [-0.2, 0) is 28.2 Å². The van der Waals surface area contributed by atoms with Gasteiger partial charge < -0.3 is 19.3 Å². The second-order valence-electron chi connectivity index (χ2n) is 13.6. The number of phosphoric ester groups is 1. The largest absolute Gasteiger partial charge is 0.469 e. The Labute approximate surface area is 289 Å². The number of carbonyl (C=O) groups excluding carboxylic acids is 2. The van der Waals surface area contributed by atoms with Crippen molar-refractivity contribution in [2.45, 2.75) is 219 Å². The third-order valence-electron chi connectivity index (χ3n) is 8.88. The van der Waals surface area contributed by atoms with Crippen molar-refractivity contribution in [2.75, 3.05) is 13.2 Å². The summed E-state index contributed by atoms with van der Waals surface area (Å²) in [6.07, 6.45) is 35.7. The van der Waals surface area contributed by atoms with Crippen LogP contribution in [0.25, 0.3) is 0 Å². The van der Waals surface area contributed by atoms with E-state index in [1.54, 1.807) is 0 Å². The van der Waals surface area contributed by atoms with Crippen LogP contribution in [-0.4, -0.2) is 41.0 Å². The lowest BCUT2D eigenvalue weighted by Gasteiger charge is -2.18. The maximum absolute atomic E-state index is 12.3. The zero-order valence-corrected chi connectivity index (χ0v) is 31.6. The highest BCUT2D eigenvalue weighted by Crippen LogP contribution is 2.36. The molecule has 0 saturated heterocycles. The minimum absolute atomic E-state index is 0.220. The fourth-order valence-electron chi connectivity index (χ4n) is 5.90. The fraction of sp³-hybridized carbons (Fsp3) is 0.947. The molecule has 0 aromatic carbocycles. The van der Waals surface area contributed by atoms with Crippen molar-refractivity contribution in [3.8, 4) is 0 Å². The Balaban J connectivity index is 3.75. The van der Waals surface area contributed by atoms with E-state index in [2.05, 4.69) is 18.4 Å². The summed E-state index contributed by atoms with van der Waals surface area (Å²) < 4.78 is 26.2. The first-order valence-electron chi connectivity index (χ1n) is 19.8. The van der Waals surface area contributed by atoms with E-state index in [0.717, 1.165) is 32.1 Å². The van der Waals surface area contributed by atoms with Gasteiger partial charge in [-0.05, 0) is 12.8 Å². The van der Waals surface area contributed by atoms with Gasteiger partial charge in [0.05, 0.1) is 6.61 Å². The molecule has 0 aromatic heterocycles. The maximum atomic E-state index is 12.3. The van der Waals surface area contributed by atoms with Crippen molar-refractivity contribution >= 4 is 19.8 Å². The molecule has 280 valence electrons. The van der Waals surface area contributed by atoms with E-state index in [9.17, 15) is 14.2 Å². The molecule has 1 unspecified atom stereocenters. The van der Waals surface area contributed by atoms with Crippen LogP contribution in [0.1, 0.15) is 213 Å². The third-order valence-corrected chi connectivity index (χ3v) is 9.36. The highest BCUT2D eigenvalue weighted by Gasteiger charge is 2.22. The van der Waals surface area contributed by atoms with Gasteiger partial charge in [0.25, 0.3) is 0 Å². The number of ether oxygens (including phenoxy) is 2. The minimum atomic E-state index is -4.74. The van der Waals surface area contributed by atoms with Gasteiger partial charge in [-0.2, -0.15) is 0 Å². The van der Waals surface area contributed by atoms with Gasteiger partial charge in [-0.1, -0.05) is 187 Å². The van der Waals surface area contributed by atoms with Gasteiger partial charge >= 0.3 is 19.8 Å². The summed E-state index contributed by atoms with van der Waals surface area (Å²) in [5.41, 5.74) is 0. The summed E-state index contributed by atoms with van der Waals surface area (Å²) in [4.78, 5) is 42.5. The number of rotatable bonds is 37. The van der Waals surface area contributed by atoms with Gasteiger partial charge in [0, 0.05) is 12.8 Å². The molecule has 0 aliphatic heterocycles. The van der Waals surface area contributed by atoms with E-state index in [1.165, 1.54) is 148 Å². The zero-order valence-electron chi connectivity index (χ0n) is 30.7. The van der Waals surface area contributed by atoms with Crippen molar-refractivity contribution in [2.24, 2.45) is 0 Å². The predicted octanol–water partition coefficient (Wildman–Crippen LogP) is 11.7. The van der Waals surface area contributed by atoms with Crippen molar-refractivity contribution in [3.63, 3.8) is 0 Å². The Morgan fingerprint density at radius 1 is 0.468 bits per heavy atom. The Hall–Kier alpha value is -0.950. The van der Waals surface area contributed by atoms with Crippen molar-refractivity contribution in [1.29, 1.82) is 0 Å². The Bertz CT molecular complexity index is 741. The topological polar surface area (TPSA) is 119 Å². The normalized spacial score (nSPS) is 12.3. The van der Waals surface area contributed by atoms with E-state index < -0.39 is 32.5 Å². The number of hydrogen-bond acceptors (Lipinski definition) is 6. The van der Waals surface area contributed by atoms with Gasteiger partial charge in [0.2, 0.25) is 0 Å². The summed E-state index contributed by atoms with van der Waals surface area (Å²) >= 11 is 0. The van der Waals surface area contributed by atoms with E-state index in [1.807, 2.05) is 0 Å². The first-order chi connectivity index (χ1) is 22.8. The maximum Gasteiger partial charge on any atom is 0.469 e. The highest BCUT2D eigenvalue weighted by atomic mass is 31.2. The first kappa shape index (κ1) is 46.0. The van der Waals surface area contributed by atoms with Crippen LogP contribution >= 0.6 is 7.82 Å². The molecular formula is C38H75O8P. The Morgan fingerprint density at radius 2 is 0.766 bits per heavy atom.